The molecule has 7 heteroatoms. The Morgan fingerprint density at radius 1 is 1.26 bits per heavy atom. The first-order chi connectivity index (χ1) is 9.04. The molecule has 0 aliphatic carbocycles. The van der Waals surface area contributed by atoms with Crippen LogP contribution in [0.25, 0.3) is 0 Å². The number of hydrogen-bond donors (Lipinski definition) is 4. The first kappa shape index (κ1) is 14.5. The number of benzene rings is 1. The zero-order valence-electron chi connectivity index (χ0n) is 10.8. The van der Waals surface area contributed by atoms with Crippen LogP contribution in [0.5, 0.6) is 0 Å². The van der Waals surface area contributed by atoms with Crippen molar-refractivity contribution in [2.45, 2.75) is 13.3 Å². The first-order valence-corrected chi connectivity index (χ1v) is 5.85. The molecule has 0 atom stereocenters. The fraction of sp³-hybridized carbons (Fsp3) is 0.250. The highest BCUT2D eigenvalue weighted by molar-refractivity contribution is 6.01. The molecule has 0 spiro atoms. The lowest BCUT2D eigenvalue weighted by Crippen LogP contribution is -2.26. The maximum atomic E-state index is 11.9. The summed E-state index contributed by atoms with van der Waals surface area (Å²) >= 11 is 0. The Bertz CT molecular complexity index is 505. The van der Waals surface area contributed by atoms with Gasteiger partial charge in [0.25, 0.3) is 5.91 Å². The van der Waals surface area contributed by atoms with Gasteiger partial charge in [-0.25, -0.2) is 4.99 Å². The van der Waals surface area contributed by atoms with Crippen molar-refractivity contribution in [2.75, 3.05) is 6.54 Å². The Morgan fingerprint density at radius 3 is 2.58 bits per heavy atom. The van der Waals surface area contributed by atoms with E-state index >= 15 is 0 Å². The molecule has 0 heterocycles. The highest BCUT2D eigenvalue weighted by Gasteiger charge is 2.09. The highest BCUT2D eigenvalue weighted by atomic mass is 16.1. The number of nitrogens with zero attached hydrogens (tertiary/aromatic N) is 2. The van der Waals surface area contributed by atoms with Gasteiger partial charge < -0.3 is 22.5 Å². The summed E-state index contributed by atoms with van der Waals surface area (Å²) in [4.78, 5) is 19.5. The van der Waals surface area contributed by atoms with Crippen LogP contribution in [0.3, 0.4) is 0 Å². The third-order valence-electron chi connectivity index (χ3n) is 2.16. The number of carbonyl (C=O) groups is 1. The molecule has 1 aromatic rings. The number of nitrogens with one attached hydrogen (secondary N) is 1. The molecule has 0 unspecified atom stereocenters. The van der Waals surface area contributed by atoms with E-state index in [2.05, 4.69) is 15.3 Å². The predicted molar refractivity (Wildman–Crippen MR) is 76.2 cm³/mol. The summed E-state index contributed by atoms with van der Waals surface area (Å²) in [6, 6.07) is 6.82. The van der Waals surface area contributed by atoms with Crippen molar-refractivity contribution in [3.05, 3.63) is 29.8 Å². The van der Waals surface area contributed by atoms with Crippen LogP contribution in [0.2, 0.25) is 0 Å². The van der Waals surface area contributed by atoms with Gasteiger partial charge in [-0.1, -0.05) is 19.1 Å². The van der Waals surface area contributed by atoms with Crippen molar-refractivity contribution in [1.29, 1.82) is 0 Å². The van der Waals surface area contributed by atoms with Gasteiger partial charge in [0.05, 0.1) is 11.3 Å². The molecule has 1 rings (SSSR count). The Balaban J connectivity index is 3.02. The minimum absolute atomic E-state index is 0.101. The topological polar surface area (TPSA) is 132 Å². The molecule has 19 heavy (non-hydrogen) atoms. The van der Waals surface area contributed by atoms with Crippen molar-refractivity contribution < 1.29 is 4.79 Å². The number of rotatable bonds is 4. The van der Waals surface area contributed by atoms with Gasteiger partial charge >= 0.3 is 0 Å². The third-order valence-corrected chi connectivity index (χ3v) is 2.16. The Morgan fingerprint density at radius 2 is 1.95 bits per heavy atom. The average Bonchev–Trinajstić information content (AvgIpc) is 2.35. The zero-order valence-corrected chi connectivity index (χ0v) is 10.8. The van der Waals surface area contributed by atoms with Gasteiger partial charge in [-0.05, 0) is 18.6 Å². The van der Waals surface area contributed by atoms with Gasteiger partial charge in [-0.2, -0.15) is 4.99 Å². The molecule has 1 amide bonds. The third kappa shape index (κ3) is 4.66. The Labute approximate surface area is 111 Å². The SMILES string of the molecule is CCCNC(=O)c1ccccc1N=C(N)N=C(N)N. The number of hydrogen-bond acceptors (Lipinski definition) is 2. The molecule has 0 bridgehead atoms. The van der Waals surface area contributed by atoms with E-state index in [1.807, 2.05) is 6.92 Å². The molecule has 0 saturated carbocycles. The monoisotopic (exact) mass is 262 g/mol. The minimum atomic E-state index is -0.210. The van der Waals surface area contributed by atoms with Crippen LogP contribution in [-0.2, 0) is 0 Å². The van der Waals surface area contributed by atoms with Crippen LogP contribution in [0.1, 0.15) is 23.7 Å². The maximum Gasteiger partial charge on any atom is 0.253 e. The number of carbonyl (C=O) groups excluding carboxylic acids is 1. The van der Waals surface area contributed by atoms with Crippen molar-refractivity contribution in [2.24, 2.45) is 27.2 Å². The molecule has 0 radical (unpaired) electrons. The summed E-state index contributed by atoms with van der Waals surface area (Å²) in [6.07, 6.45) is 0.854. The van der Waals surface area contributed by atoms with E-state index in [9.17, 15) is 4.79 Å². The van der Waals surface area contributed by atoms with E-state index in [-0.39, 0.29) is 17.8 Å². The van der Waals surface area contributed by atoms with Crippen molar-refractivity contribution in [3.8, 4) is 0 Å². The van der Waals surface area contributed by atoms with Crippen LogP contribution in [-0.4, -0.2) is 24.4 Å². The zero-order chi connectivity index (χ0) is 14.3. The number of guanidine groups is 2. The predicted octanol–water partition coefficient (Wildman–Crippen LogP) is 0.0460. The second kappa shape index (κ2) is 7.00. The van der Waals surface area contributed by atoms with Crippen molar-refractivity contribution in [1.82, 2.24) is 5.32 Å². The van der Waals surface area contributed by atoms with Gasteiger partial charge in [0.2, 0.25) is 5.96 Å². The second-order valence-corrected chi connectivity index (χ2v) is 3.78. The summed E-state index contributed by atoms with van der Waals surface area (Å²) < 4.78 is 0. The van der Waals surface area contributed by atoms with Crippen molar-refractivity contribution in [3.63, 3.8) is 0 Å². The van der Waals surface area contributed by atoms with E-state index in [0.29, 0.717) is 17.8 Å². The van der Waals surface area contributed by atoms with Crippen molar-refractivity contribution >= 4 is 23.5 Å². The van der Waals surface area contributed by atoms with Gasteiger partial charge in [-0.3, -0.25) is 4.79 Å². The highest BCUT2D eigenvalue weighted by Crippen LogP contribution is 2.18. The number of para-hydroxylation sites is 1. The van der Waals surface area contributed by atoms with E-state index in [4.69, 9.17) is 17.2 Å². The molecule has 1 aromatic carbocycles. The van der Waals surface area contributed by atoms with Crippen LogP contribution in [0, 0.1) is 0 Å². The fourth-order valence-corrected chi connectivity index (χ4v) is 1.38. The molecule has 7 nitrogen and oxygen atoms in total. The Kier molecular flexibility index (Phi) is 5.34. The Hall–Kier alpha value is -2.57. The summed E-state index contributed by atoms with van der Waals surface area (Å²) in [5.41, 5.74) is 16.8. The molecule has 0 aliphatic heterocycles. The van der Waals surface area contributed by atoms with Gasteiger partial charge in [0.15, 0.2) is 5.96 Å². The van der Waals surface area contributed by atoms with E-state index in [1.54, 1.807) is 24.3 Å². The summed E-state index contributed by atoms with van der Waals surface area (Å²) in [7, 11) is 0. The number of amides is 1. The molecule has 0 saturated heterocycles. The lowest BCUT2D eigenvalue weighted by molar-refractivity contribution is 0.0954. The van der Waals surface area contributed by atoms with E-state index < -0.39 is 0 Å². The number of aliphatic imine (C=N–C) groups is 2. The molecular formula is C12H18N6O. The van der Waals surface area contributed by atoms with E-state index in [1.165, 1.54) is 0 Å². The van der Waals surface area contributed by atoms with Crippen LogP contribution < -0.4 is 22.5 Å². The van der Waals surface area contributed by atoms with Gasteiger partial charge in [0.1, 0.15) is 0 Å². The molecule has 0 aliphatic rings. The van der Waals surface area contributed by atoms with Crippen LogP contribution in [0.15, 0.2) is 34.3 Å². The molecule has 0 aromatic heterocycles. The fourth-order valence-electron chi connectivity index (χ4n) is 1.38. The largest absolute Gasteiger partial charge is 0.370 e. The average molecular weight is 262 g/mol. The standard InChI is InChI=1S/C12H18N6O/c1-2-7-16-10(19)8-5-3-4-6-9(8)17-12(15)18-11(13)14/h3-6H,2,7H2,1H3,(H,16,19)(H6,13,14,15,17,18). The molecule has 7 N–H and O–H groups in total. The van der Waals surface area contributed by atoms with Crippen LogP contribution in [0.4, 0.5) is 5.69 Å². The lowest BCUT2D eigenvalue weighted by Gasteiger charge is -2.06. The summed E-state index contributed by atoms with van der Waals surface area (Å²) in [6.45, 7) is 2.57. The molecule has 102 valence electrons. The summed E-state index contributed by atoms with van der Waals surface area (Å²) in [5, 5.41) is 2.77. The van der Waals surface area contributed by atoms with E-state index in [0.717, 1.165) is 6.42 Å². The first-order valence-electron chi connectivity index (χ1n) is 5.85. The smallest absolute Gasteiger partial charge is 0.253 e. The molecule has 0 fully saturated rings. The molecular weight excluding hydrogens is 244 g/mol. The quantitative estimate of drug-likeness (QED) is 0.450. The van der Waals surface area contributed by atoms with Gasteiger partial charge in [0, 0.05) is 6.54 Å². The maximum absolute atomic E-state index is 11.9. The second-order valence-electron chi connectivity index (χ2n) is 3.78. The lowest BCUT2D eigenvalue weighted by atomic mass is 10.1. The number of nitrogens with two attached hydrogens (primary N) is 3. The normalized spacial score (nSPS) is 10.9. The minimum Gasteiger partial charge on any atom is -0.370 e. The van der Waals surface area contributed by atoms with Gasteiger partial charge in [-0.15, -0.1) is 0 Å². The van der Waals surface area contributed by atoms with Crippen LogP contribution >= 0.6 is 0 Å². The summed E-state index contributed by atoms with van der Waals surface area (Å²) in [5.74, 6) is -0.497.